The van der Waals surface area contributed by atoms with Crippen molar-refractivity contribution in [2.75, 3.05) is 26.2 Å². The van der Waals surface area contributed by atoms with E-state index in [-0.39, 0.29) is 5.91 Å². The standard InChI is InChI=1S/C15H19N5O/c21-14(12-1-2-13-18-17-11-20(13)9-12)19-7-4-15(5-8-19)3-6-16-10-15/h1-2,9,11,16H,3-8,10H2. The number of hydrogen-bond acceptors (Lipinski definition) is 4. The summed E-state index contributed by atoms with van der Waals surface area (Å²) in [5.41, 5.74) is 1.92. The molecule has 0 unspecified atom stereocenters. The predicted octanol–water partition coefficient (Wildman–Crippen LogP) is 0.945. The van der Waals surface area contributed by atoms with Gasteiger partial charge < -0.3 is 10.2 Å². The van der Waals surface area contributed by atoms with E-state index in [4.69, 9.17) is 0 Å². The van der Waals surface area contributed by atoms with Gasteiger partial charge in [0.2, 0.25) is 0 Å². The quantitative estimate of drug-likeness (QED) is 0.847. The fraction of sp³-hybridized carbons (Fsp3) is 0.533. The van der Waals surface area contributed by atoms with E-state index in [1.54, 1.807) is 10.7 Å². The maximum absolute atomic E-state index is 12.6. The highest BCUT2D eigenvalue weighted by atomic mass is 16.2. The highest BCUT2D eigenvalue weighted by Crippen LogP contribution is 2.37. The first-order valence-corrected chi connectivity index (χ1v) is 7.55. The Morgan fingerprint density at radius 3 is 2.86 bits per heavy atom. The van der Waals surface area contributed by atoms with E-state index in [0.717, 1.165) is 44.7 Å². The SMILES string of the molecule is O=C(c1ccc2nncn2c1)N1CCC2(CCNC2)CC1. The number of fused-ring (bicyclic) bond motifs is 1. The van der Waals surface area contributed by atoms with Crippen LogP contribution in [0.15, 0.2) is 24.7 Å². The van der Waals surface area contributed by atoms with Gasteiger partial charge >= 0.3 is 0 Å². The number of piperidine rings is 1. The Kier molecular flexibility index (Phi) is 2.92. The van der Waals surface area contributed by atoms with Gasteiger partial charge in [-0.1, -0.05) is 0 Å². The van der Waals surface area contributed by atoms with E-state index in [1.165, 1.54) is 6.42 Å². The lowest BCUT2D eigenvalue weighted by molar-refractivity contribution is 0.0607. The molecule has 1 N–H and O–H groups in total. The molecule has 2 aliphatic heterocycles. The Balaban J connectivity index is 1.50. The van der Waals surface area contributed by atoms with Gasteiger partial charge in [-0.05, 0) is 43.4 Å². The van der Waals surface area contributed by atoms with Gasteiger partial charge in [0.25, 0.3) is 5.91 Å². The topological polar surface area (TPSA) is 62.5 Å². The van der Waals surface area contributed by atoms with Gasteiger partial charge in [0.15, 0.2) is 5.65 Å². The maximum Gasteiger partial charge on any atom is 0.255 e. The van der Waals surface area contributed by atoms with Gasteiger partial charge in [0.1, 0.15) is 6.33 Å². The Hall–Kier alpha value is -1.95. The van der Waals surface area contributed by atoms with Crippen LogP contribution in [0.1, 0.15) is 29.6 Å². The number of pyridine rings is 1. The molecule has 0 saturated carbocycles. The molecule has 21 heavy (non-hydrogen) atoms. The van der Waals surface area contributed by atoms with E-state index >= 15 is 0 Å². The van der Waals surface area contributed by atoms with Gasteiger partial charge in [-0.15, -0.1) is 10.2 Å². The van der Waals surface area contributed by atoms with Gasteiger partial charge in [-0.25, -0.2) is 0 Å². The van der Waals surface area contributed by atoms with Crippen molar-refractivity contribution in [1.29, 1.82) is 0 Å². The third-order valence-electron chi connectivity index (χ3n) is 4.98. The number of nitrogens with one attached hydrogen (secondary N) is 1. The largest absolute Gasteiger partial charge is 0.339 e. The van der Waals surface area contributed by atoms with Crippen molar-refractivity contribution in [2.24, 2.45) is 5.41 Å². The molecule has 4 rings (SSSR count). The van der Waals surface area contributed by atoms with Crippen molar-refractivity contribution in [1.82, 2.24) is 24.8 Å². The molecule has 1 spiro atoms. The first-order chi connectivity index (χ1) is 10.3. The van der Waals surface area contributed by atoms with Crippen LogP contribution in [0.5, 0.6) is 0 Å². The molecule has 110 valence electrons. The second kappa shape index (κ2) is 4.80. The highest BCUT2D eigenvalue weighted by molar-refractivity contribution is 5.94. The minimum atomic E-state index is 0.117. The molecule has 2 aromatic rings. The molecule has 0 bridgehead atoms. The summed E-state index contributed by atoms with van der Waals surface area (Å²) in [4.78, 5) is 14.6. The zero-order chi connectivity index (χ0) is 14.3. The van der Waals surface area contributed by atoms with Crippen molar-refractivity contribution < 1.29 is 4.79 Å². The summed E-state index contributed by atoms with van der Waals surface area (Å²) < 4.78 is 1.79. The van der Waals surface area contributed by atoms with Crippen LogP contribution in [0.2, 0.25) is 0 Å². The molecule has 6 heteroatoms. The molecule has 0 aromatic carbocycles. The second-order valence-electron chi connectivity index (χ2n) is 6.23. The van der Waals surface area contributed by atoms with Crippen molar-refractivity contribution in [3.05, 3.63) is 30.2 Å². The summed E-state index contributed by atoms with van der Waals surface area (Å²) in [5, 5.41) is 11.3. The predicted molar refractivity (Wildman–Crippen MR) is 78.0 cm³/mol. The molecule has 2 fully saturated rings. The second-order valence-corrected chi connectivity index (χ2v) is 6.23. The fourth-order valence-electron chi connectivity index (χ4n) is 3.54. The molecular formula is C15H19N5O. The lowest BCUT2D eigenvalue weighted by Crippen LogP contribution is -2.44. The summed E-state index contributed by atoms with van der Waals surface area (Å²) >= 11 is 0. The molecule has 6 nitrogen and oxygen atoms in total. The maximum atomic E-state index is 12.6. The van der Waals surface area contributed by atoms with E-state index in [2.05, 4.69) is 15.5 Å². The van der Waals surface area contributed by atoms with Gasteiger partial charge in [-0.3, -0.25) is 9.20 Å². The lowest BCUT2D eigenvalue weighted by Gasteiger charge is -2.38. The van der Waals surface area contributed by atoms with Crippen LogP contribution in [0.3, 0.4) is 0 Å². The summed E-state index contributed by atoms with van der Waals surface area (Å²) in [7, 11) is 0. The molecule has 0 atom stereocenters. The Bertz CT molecular complexity index is 664. The molecule has 1 amide bonds. The number of hydrogen-bond donors (Lipinski definition) is 1. The number of likely N-dealkylation sites (tertiary alicyclic amines) is 1. The van der Waals surface area contributed by atoms with Gasteiger partial charge in [0, 0.05) is 25.8 Å². The fourth-order valence-corrected chi connectivity index (χ4v) is 3.54. The van der Waals surface area contributed by atoms with E-state index in [9.17, 15) is 4.79 Å². The van der Waals surface area contributed by atoms with Crippen LogP contribution in [0, 0.1) is 5.41 Å². The Morgan fingerprint density at radius 1 is 1.24 bits per heavy atom. The van der Waals surface area contributed by atoms with Crippen molar-refractivity contribution in [2.45, 2.75) is 19.3 Å². The number of aromatic nitrogens is 3. The minimum absolute atomic E-state index is 0.117. The van der Waals surface area contributed by atoms with E-state index < -0.39 is 0 Å². The molecule has 0 radical (unpaired) electrons. The molecule has 2 aliphatic rings. The van der Waals surface area contributed by atoms with Crippen molar-refractivity contribution >= 4 is 11.6 Å². The van der Waals surface area contributed by atoms with Crippen LogP contribution in [-0.4, -0.2) is 51.6 Å². The lowest BCUT2D eigenvalue weighted by atomic mass is 9.78. The number of carbonyl (C=O) groups is 1. The zero-order valence-electron chi connectivity index (χ0n) is 12.0. The Labute approximate surface area is 123 Å². The minimum Gasteiger partial charge on any atom is -0.339 e. The highest BCUT2D eigenvalue weighted by Gasteiger charge is 2.38. The van der Waals surface area contributed by atoms with E-state index in [0.29, 0.717) is 11.0 Å². The first kappa shape index (κ1) is 12.8. The van der Waals surface area contributed by atoms with Crippen LogP contribution in [0.4, 0.5) is 0 Å². The molecular weight excluding hydrogens is 266 g/mol. The zero-order valence-corrected chi connectivity index (χ0v) is 12.0. The Morgan fingerprint density at radius 2 is 2.10 bits per heavy atom. The van der Waals surface area contributed by atoms with Gasteiger partial charge in [0.05, 0.1) is 5.56 Å². The number of amides is 1. The van der Waals surface area contributed by atoms with Crippen LogP contribution < -0.4 is 5.32 Å². The number of rotatable bonds is 1. The third-order valence-corrected chi connectivity index (χ3v) is 4.98. The van der Waals surface area contributed by atoms with Crippen molar-refractivity contribution in [3.63, 3.8) is 0 Å². The monoisotopic (exact) mass is 285 g/mol. The van der Waals surface area contributed by atoms with Crippen LogP contribution in [0.25, 0.3) is 5.65 Å². The van der Waals surface area contributed by atoms with E-state index in [1.807, 2.05) is 23.2 Å². The summed E-state index contributed by atoms with van der Waals surface area (Å²) in [6.45, 7) is 3.96. The third kappa shape index (κ3) is 2.19. The summed E-state index contributed by atoms with van der Waals surface area (Å²) in [6, 6.07) is 3.68. The molecule has 2 aromatic heterocycles. The molecule has 4 heterocycles. The number of nitrogens with zero attached hydrogens (tertiary/aromatic N) is 4. The van der Waals surface area contributed by atoms with Crippen molar-refractivity contribution in [3.8, 4) is 0 Å². The number of carbonyl (C=O) groups excluding carboxylic acids is 1. The van der Waals surface area contributed by atoms with Crippen LogP contribution >= 0.6 is 0 Å². The first-order valence-electron chi connectivity index (χ1n) is 7.55. The molecule has 2 saturated heterocycles. The molecule has 0 aliphatic carbocycles. The van der Waals surface area contributed by atoms with Crippen LogP contribution in [-0.2, 0) is 0 Å². The average Bonchev–Trinajstić information content (AvgIpc) is 3.16. The van der Waals surface area contributed by atoms with Gasteiger partial charge in [-0.2, -0.15) is 0 Å². The smallest absolute Gasteiger partial charge is 0.255 e. The summed E-state index contributed by atoms with van der Waals surface area (Å²) in [6.07, 6.45) is 6.92. The normalized spacial score (nSPS) is 21.2. The summed E-state index contributed by atoms with van der Waals surface area (Å²) in [5.74, 6) is 0.117. The average molecular weight is 285 g/mol.